The highest BCUT2D eigenvalue weighted by atomic mass is 79.9. The molecule has 0 radical (unpaired) electrons. The van der Waals surface area contributed by atoms with Gasteiger partial charge in [-0.05, 0) is 176 Å². The van der Waals surface area contributed by atoms with Gasteiger partial charge in [0.1, 0.15) is 7.85 Å². The first-order valence-electron chi connectivity index (χ1n) is 16.2. The van der Waals surface area contributed by atoms with Crippen LogP contribution in [0.2, 0.25) is 5.02 Å². The van der Waals surface area contributed by atoms with Crippen LogP contribution in [0.3, 0.4) is 0 Å². The maximum absolute atomic E-state index is 7.02. The number of rotatable bonds is 4. The first-order chi connectivity index (χ1) is 20.3. The summed E-state index contributed by atoms with van der Waals surface area (Å²) in [6, 6.07) is 18.7. The molecule has 0 fully saturated rings. The van der Waals surface area contributed by atoms with Crippen molar-refractivity contribution in [2.75, 3.05) is 0 Å². The molecule has 230 valence electrons. The van der Waals surface area contributed by atoms with Gasteiger partial charge in [0.2, 0.25) is 0 Å². The molecule has 3 heteroatoms. The number of benzene rings is 4. The van der Waals surface area contributed by atoms with E-state index in [4.69, 9.17) is 11.6 Å². The van der Waals surface area contributed by atoms with Crippen LogP contribution in [0.25, 0.3) is 33.4 Å². The summed E-state index contributed by atoms with van der Waals surface area (Å²) >= 11 is 11.1. The second-order valence-corrected chi connectivity index (χ2v) is 17.2. The third-order valence-corrected chi connectivity index (χ3v) is 11.7. The predicted molar refractivity (Wildman–Crippen MR) is 201 cm³/mol. The highest BCUT2D eigenvalue weighted by molar-refractivity contribution is 9.10. The number of halogens is 2. The van der Waals surface area contributed by atoms with Crippen LogP contribution in [0.15, 0.2) is 53.0 Å². The molecule has 0 N–H and O–H groups in total. The Kier molecular flexibility index (Phi) is 8.65. The summed E-state index contributed by atoms with van der Waals surface area (Å²) in [7, 11) is 2.29. The smallest absolute Gasteiger partial charge is 0.0837 e. The maximum Gasteiger partial charge on any atom is 0.140 e. The molecule has 1 aliphatic rings. The normalized spacial score (nSPS) is 15.8. The van der Waals surface area contributed by atoms with Crippen molar-refractivity contribution in [3.63, 3.8) is 0 Å². The van der Waals surface area contributed by atoms with Crippen LogP contribution in [0.4, 0.5) is 0 Å². The van der Waals surface area contributed by atoms with Gasteiger partial charge in [-0.1, -0.05) is 83.7 Å². The molecule has 0 saturated carbocycles. The average molecular weight is 668 g/mol. The van der Waals surface area contributed by atoms with Crippen molar-refractivity contribution in [1.29, 1.82) is 0 Å². The van der Waals surface area contributed by atoms with Gasteiger partial charge in [0.25, 0.3) is 0 Å². The second kappa shape index (κ2) is 11.5. The largest absolute Gasteiger partial charge is 0.140 e. The van der Waals surface area contributed by atoms with Crippen molar-refractivity contribution in [3.05, 3.63) is 97.0 Å². The predicted octanol–water partition coefficient (Wildman–Crippen LogP) is 11.5. The summed E-state index contributed by atoms with van der Waals surface area (Å²) < 4.78 is 1.18. The van der Waals surface area contributed by atoms with Crippen molar-refractivity contribution < 1.29 is 0 Å². The minimum Gasteiger partial charge on any atom is -0.0837 e. The molecule has 0 aliphatic heterocycles. The van der Waals surface area contributed by atoms with Crippen molar-refractivity contribution in [2.24, 2.45) is 5.41 Å². The Morgan fingerprint density at radius 3 is 1.82 bits per heavy atom. The molecule has 0 spiro atoms. The lowest BCUT2D eigenvalue weighted by Crippen LogP contribution is -2.35. The SMILES string of the molecule is Bc1cc2c(cc1-c1cc(-c3cc(CC(C)(C)C)ccc3Cl)cc(-c3c(C)c(C)c(C)c(C)c3Br)c1)C(C)(C)CCC2(C)C. The molecule has 44 heavy (non-hydrogen) atoms. The van der Waals surface area contributed by atoms with E-state index in [1.165, 1.54) is 84.0 Å². The van der Waals surface area contributed by atoms with Gasteiger partial charge < -0.3 is 0 Å². The molecule has 5 rings (SSSR count). The monoisotopic (exact) mass is 666 g/mol. The standard InChI is InChI=1S/C41H49BBrCl/c1-23-24(2)26(4)38(43)37(25(23)3)30-18-28(17-29(19-30)32-16-27(12-13-36(32)44)22-39(5,6)7)31-20-33-34(21-35(31)42)41(10,11)15-14-40(33,8)9/h12-13,16-21H,14-15,22,42H2,1-11H3. The molecular weight excluding hydrogens is 619 g/mol. The summed E-state index contributed by atoms with van der Waals surface area (Å²) in [5.74, 6) is 0. The average Bonchev–Trinajstić information content (AvgIpc) is 2.93. The van der Waals surface area contributed by atoms with E-state index in [9.17, 15) is 0 Å². The molecule has 4 aromatic rings. The fourth-order valence-electron chi connectivity index (χ4n) is 7.24. The van der Waals surface area contributed by atoms with Crippen LogP contribution in [0, 0.1) is 33.1 Å². The quantitative estimate of drug-likeness (QED) is 0.190. The van der Waals surface area contributed by atoms with E-state index < -0.39 is 0 Å². The summed E-state index contributed by atoms with van der Waals surface area (Å²) in [5, 5.41) is 0.794. The van der Waals surface area contributed by atoms with E-state index in [0.717, 1.165) is 22.6 Å². The van der Waals surface area contributed by atoms with Gasteiger partial charge in [-0.2, -0.15) is 0 Å². The lowest BCUT2D eigenvalue weighted by molar-refractivity contribution is 0.332. The van der Waals surface area contributed by atoms with Crippen molar-refractivity contribution >= 4 is 40.8 Å². The van der Waals surface area contributed by atoms with Crippen molar-refractivity contribution in [1.82, 2.24) is 0 Å². The number of hydrogen-bond donors (Lipinski definition) is 0. The van der Waals surface area contributed by atoms with Crippen LogP contribution >= 0.6 is 27.5 Å². The van der Waals surface area contributed by atoms with Gasteiger partial charge in [-0.3, -0.25) is 0 Å². The van der Waals surface area contributed by atoms with Crippen LogP contribution in [-0.2, 0) is 17.3 Å². The van der Waals surface area contributed by atoms with Gasteiger partial charge in [-0.25, -0.2) is 0 Å². The van der Waals surface area contributed by atoms with Gasteiger partial charge in [0.15, 0.2) is 0 Å². The molecule has 1 aliphatic carbocycles. The minimum absolute atomic E-state index is 0.142. The van der Waals surface area contributed by atoms with Crippen molar-refractivity contribution in [3.8, 4) is 33.4 Å². The molecular formula is C41H49BBrCl. The Hall–Kier alpha value is -2.29. The Labute approximate surface area is 281 Å². The Morgan fingerprint density at radius 2 is 1.23 bits per heavy atom. The minimum atomic E-state index is 0.142. The highest BCUT2D eigenvalue weighted by Gasteiger charge is 2.37. The van der Waals surface area contributed by atoms with Crippen LogP contribution in [0.1, 0.15) is 100 Å². The van der Waals surface area contributed by atoms with Gasteiger partial charge in [0, 0.05) is 15.1 Å². The van der Waals surface area contributed by atoms with E-state index in [1.54, 1.807) is 0 Å². The zero-order valence-corrected chi connectivity index (χ0v) is 31.3. The fourth-order valence-corrected chi connectivity index (χ4v) is 8.29. The molecule has 0 bridgehead atoms. The van der Waals surface area contributed by atoms with E-state index in [1.807, 2.05) is 0 Å². The summed E-state index contributed by atoms with van der Waals surface area (Å²) in [5.41, 5.74) is 18.8. The Morgan fingerprint density at radius 1 is 0.705 bits per heavy atom. The van der Waals surface area contributed by atoms with E-state index in [-0.39, 0.29) is 16.2 Å². The van der Waals surface area contributed by atoms with Crippen LogP contribution in [-0.4, -0.2) is 7.85 Å². The van der Waals surface area contributed by atoms with Gasteiger partial charge in [0.05, 0.1) is 0 Å². The zero-order chi connectivity index (χ0) is 32.5. The first-order valence-corrected chi connectivity index (χ1v) is 17.3. The summed E-state index contributed by atoms with van der Waals surface area (Å²) in [6.45, 7) is 25.5. The Balaban J connectivity index is 1.83. The molecule has 0 aromatic heterocycles. The lowest BCUT2D eigenvalue weighted by atomic mass is 9.61. The summed E-state index contributed by atoms with van der Waals surface area (Å²) in [6.07, 6.45) is 3.42. The number of fused-ring (bicyclic) bond motifs is 1. The van der Waals surface area contributed by atoms with E-state index in [0.29, 0.717) is 0 Å². The number of hydrogen-bond acceptors (Lipinski definition) is 0. The fraction of sp³-hybridized carbons (Fsp3) is 0.415. The van der Waals surface area contributed by atoms with Gasteiger partial charge >= 0.3 is 0 Å². The van der Waals surface area contributed by atoms with Crippen molar-refractivity contribution in [2.45, 2.75) is 106 Å². The molecule has 0 heterocycles. The topological polar surface area (TPSA) is 0 Å². The zero-order valence-electron chi connectivity index (χ0n) is 29.0. The van der Waals surface area contributed by atoms with E-state index >= 15 is 0 Å². The van der Waals surface area contributed by atoms with Crippen LogP contribution < -0.4 is 5.46 Å². The molecule has 0 amide bonds. The molecule has 0 saturated heterocycles. The molecule has 0 atom stereocenters. The van der Waals surface area contributed by atoms with Gasteiger partial charge in [-0.15, -0.1) is 0 Å². The van der Waals surface area contributed by atoms with Crippen LogP contribution in [0.5, 0.6) is 0 Å². The lowest BCUT2D eigenvalue weighted by Gasteiger charge is -2.42. The van der Waals surface area contributed by atoms with E-state index in [2.05, 4.69) is 148 Å². The third kappa shape index (κ3) is 6.11. The summed E-state index contributed by atoms with van der Waals surface area (Å²) in [4.78, 5) is 0. The molecule has 0 unspecified atom stereocenters. The highest BCUT2D eigenvalue weighted by Crippen LogP contribution is 2.47. The first kappa shape index (κ1) is 33.1. The molecule has 4 aromatic carbocycles. The maximum atomic E-state index is 7.02. The Bertz CT molecular complexity index is 1750. The molecule has 0 nitrogen and oxygen atoms in total. The third-order valence-electron chi connectivity index (χ3n) is 10.4. The second-order valence-electron chi connectivity index (χ2n) is 16.0.